The zero-order valence-electron chi connectivity index (χ0n) is 10.3. The zero-order valence-corrected chi connectivity index (χ0v) is 10.3. The standard InChI is InChI=1S/C13H20N2O/c1-4-13(2,3)12(16)15-10-7-11-5-8-14-9-6-11/h5-6,8-9H,4,7,10H2,1-3H3,(H,15,16). The molecule has 1 aromatic rings. The summed E-state index contributed by atoms with van der Waals surface area (Å²) in [5, 5.41) is 2.96. The molecule has 0 fully saturated rings. The topological polar surface area (TPSA) is 42.0 Å². The molecule has 0 spiro atoms. The molecule has 0 unspecified atom stereocenters. The summed E-state index contributed by atoms with van der Waals surface area (Å²) >= 11 is 0. The van der Waals surface area contributed by atoms with Crippen molar-refractivity contribution in [3.63, 3.8) is 0 Å². The monoisotopic (exact) mass is 220 g/mol. The van der Waals surface area contributed by atoms with Crippen LogP contribution in [-0.2, 0) is 11.2 Å². The van der Waals surface area contributed by atoms with Crippen molar-refractivity contribution in [2.24, 2.45) is 5.41 Å². The first-order valence-corrected chi connectivity index (χ1v) is 5.73. The second kappa shape index (κ2) is 5.64. The molecule has 3 nitrogen and oxygen atoms in total. The van der Waals surface area contributed by atoms with Gasteiger partial charge in [-0.15, -0.1) is 0 Å². The van der Waals surface area contributed by atoms with Crippen LogP contribution in [0.15, 0.2) is 24.5 Å². The lowest BCUT2D eigenvalue weighted by Gasteiger charge is -2.21. The molecule has 0 aliphatic heterocycles. The van der Waals surface area contributed by atoms with Gasteiger partial charge in [0.15, 0.2) is 0 Å². The van der Waals surface area contributed by atoms with E-state index in [1.54, 1.807) is 12.4 Å². The minimum Gasteiger partial charge on any atom is -0.355 e. The minimum absolute atomic E-state index is 0.129. The highest BCUT2D eigenvalue weighted by Gasteiger charge is 2.24. The van der Waals surface area contributed by atoms with Crippen molar-refractivity contribution in [2.45, 2.75) is 33.6 Å². The van der Waals surface area contributed by atoms with Gasteiger partial charge in [-0.05, 0) is 30.5 Å². The van der Waals surface area contributed by atoms with E-state index < -0.39 is 0 Å². The Morgan fingerprint density at radius 1 is 1.38 bits per heavy atom. The number of pyridine rings is 1. The highest BCUT2D eigenvalue weighted by molar-refractivity contribution is 5.81. The molecule has 1 heterocycles. The molecule has 0 aliphatic carbocycles. The fourth-order valence-corrected chi connectivity index (χ4v) is 1.27. The average Bonchev–Trinajstić information content (AvgIpc) is 2.30. The first-order chi connectivity index (χ1) is 7.56. The van der Waals surface area contributed by atoms with Crippen LogP contribution in [0.3, 0.4) is 0 Å². The highest BCUT2D eigenvalue weighted by atomic mass is 16.2. The number of aromatic nitrogens is 1. The van der Waals surface area contributed by atoms with Crippen LogP contribution in [0.4, 0.5) is 0 Å². The SMILES string of the molecule is CCC(C)(C)C(=O)NCCc1ccncc1. The maximum atomic E-state index is 11.8. The molecule has 16 heavy (non-hydrogen) atoms. The Kier molecular flexibility index (Phi) is 4.47. The lowest BCUT2D eigenvalue weighted by molar-refractivity contribution is -0.129. The van der Waals surface area contributed by atoms with Gasteiger partial charge in [-0.2, -0.15) is 0 Å². The van der Waals surface area contributed by atoms with Crippen LogP contribution in [0.2, 0.25) is 0 Å². The summed E-state index contributed by atoms with van der Waals surface area (Å²) in [4.78, 5) is 15.7. The Morgan fingerprint density at radius 3 is 2.56 bits per heavy atom. The Labute approximate surface area is 97.3 Å². The molecule has 3 heteroatoms. The van der Waals surface area contributed by atoms with Gasteiger partial charge in [-0.25, -0.2) is 0 Å². The Hall–Kier alpha value is -1.38. The molecule has 1 N–H and O–H groups in total. The van der Waals surface area contributed by atoms with Gasteiger partial charge in [0.25, 0.3) is 0 Å². The van der Waals surface area contributed by atoms with E-state index in [0.717, 1.165) is 12.8 Å². The smallest absolute Gasteiger partial charge is 0.225 e. The van der Waals surface area contributed by atoms with E-state index in [2.05, 4.69) is 10.3 Å². The van der Waals surface area contributed by atoms with Crippen molar-refractivity contribution in [1.82, 2.24) is 10.3 Å². The summed E-state index contributed by atoms with van der Waals surface area (Å²) in [6, 6.07) is 3.94. The van der Waals surface area contributed by atoms with Crippen LogP contribution >= 0.6 is 0 Å². The van der Waals surface area contributed by atoms with Crippen molar-refractivity contribution in [1.29, 1.82) is 0 Å². The average molecular weight is 220 g/mol. The summed E-state index contributed by atoms with van der Waals surface area (Å²) in [5.41, 5.74) is 0.933. The van der Waals surface area contributed by atoms with Gasteiger partial charge in [0, 0.05) is 24.4 Å². The maximum Gasteiger partial charge on any atom is 0.225 e. The number of hydrogen-bond acceptors (Lipinski definition) is 2. The van der Waals surface area contributed by atoms with E-state index >= 15 is 0 Å². The molecular formula is C13H20N2O. The fourth-order valence-electron chi connectivity index (χ4n) is 1.27. The molecule has 1 amide bonds. The molecular weight excluding hydrogens is 200 g/mol. The van der Waals surface area contributed by atoms with E-state index in [-0.39, 0.29) is 11.3 Å². The molecule has 1 aromatic heterocycles. The lowest BCUT2D eigenvalue weighted by atomic mass is 9.89. The lowest BCUT2D eigenvalue weighted by Crippen LogP contribution is -2.37. The van der Waals surface area contributed by atoms with Crippen molar-refractivity contribution < 1.29 is 4.79 Å². The molecule has 0 bridgehead atoms. The predicted octanol–water partition coefficient (Wildman–Crippen LogP) is 2.18. The van der Waals surface area contributed by atoms with E-state index in [9.17, 15) is 4.79 Å². The van der Waals surface area contributed by atoms with Gasteiger partial charge in [0.2, 0.25) is 5.91 Å². The molecule has 0 saturated heterocycles. The van der Waals surface area contributed by atoms with E-state index in [1.165, 1.54) is 5.56 Å². The van der Waals surface area contributed by atoms with Crippen molar-refractivity contribution in [2.75, 3.05) is 6.54 Å². The highest BCUT2D eigenvalue weighted by Crippen LogP contribution is 2.19. The Bertz CT molecular complexity index is 333. The van der Waals surface area contributed by atoms with E-state index in [1.807, 2.05) is 32.9 Å². The first-order valence-electron chi connectivity index (χ1n) is 5.73. The van der Waals surface area contributed by atoms with Gasteiger partial charge in [-0.3, -0.25) is 9.78 Å². The summed E-state index contributed by atoms with van der Waals surface area (Å²) in [7, 11) is 0. The summed E-state index contributed by atoms with van der Waals surface area (Å²) in [5.74, 6) is 0.129. The number of hydrogen-bond donors (Lipinski definition) is 1. The number of carbonyl (C=O) groups excluding carboxylic acids is 1. The Morgan fingerprint density at radius 2 is 2.00 bits per heavy atom. The molecule has 0 atom stereocenters. The first kappa shape index (κ1) is 12.7. The Balaban J connectivity index is 2.34. The van der Waals surface area contributed by atoms with Crippen LogP contribution in [-0.4, -0.2) is 17.4 Å². The van der Waals surface area contributed by atoms with Crippen LogP contribution in [0.25, 0.3) is 0 Å². The predicted molar refractivity (Wildman–Crippen MR) is 65.0 cm³/mol. The van der Waals surface area contributed by atoms with E-state index in [4.69, 9.17) is 0 Å². The van der Waals surface area contributed by atoms with Crippen molar-refractivity contribution >= 4 is 5.91 Å². The number of nitrogens with one attached hydrogen (secondary N) is 1. The van der Waals surface area contributed by atoms with E-state index in [0.29, 0.717) is 6.54 Å². The van der Waals surface area contributed by atoms with Gasteiger partial charge in [0.1, 0.15) is 0 Å². The minimum atomic E-state index is -0.266. The molecule has 0 radical (unpaired) electrons. The second-order valence-corrected chi connectivity index (χ2v) is 4.60. The molecule has 0 saturated carbocycles. The number of amides is 1. The van der Waals surface area contributed by atoms with Gasteiger partial charge < -0.3 is 5.32 Å². The van der Waals surface area contributed by atoms with Crippen LogP contribution in [0.1, 0.15) is 32.8 Å². The largest absolute Gasteiger partial charge is 0.355 e. The third kappa shape index (κ3) is 3.65. The molecule has 88 valence electrons. The quantitative estimate of drug-likeness (QED) is 0.826. The normalized spacial score (nSPS) is 11.2. The third-order valence-corrected chi connectivity index (χ3v) is 2.95. The number of carbonyl (C=O) groups is 1. The van der Waals surface area contributed by atoms with Crippen LogP contribution in [0.5, 0.6) is 0 Å². The van der Waals surface area contributed by atoms with Crippen molar-refractivity contribution in [3.8, 4) is 0 Å². The summed E-state index contributed by atoms with van der Waals surface area (Å²) in [6.45, 7) is 6.65. The fraction of sp³-hybridized carbons (Fsp3) is 0.538. The second-order valence-electron chi connectivity index (χ2n) is 4.60. The molecule has 0 aliphatic rings. The number of rotatable bonds is 5. The van der Waals surface area contributed by atoms with Crippen molar-refractivity contribution in [3.05, 3.63) is 30.1 Å². The van der Waals surface area contributed by atoms with Crippen LogP contribution < -0.4 is 5.32 Å². The summed E-state index contributed by atoms with van der Waals surface area (Å²) < 4.78 is 0. The molecule has 1 rings (SSSR count). The van der Waals surface area contributed by atoms with Crippen LogP contribution in [0, 0.1) is 5.41 Å². The summed E-state index contributed by atoms with van der Waals surface area (Å²) in [6.07, 6.45) is 5.25. The number of nitrogens with zero attached hydrogens (tertiary/aromatic N) is 1. The third-order valence-electron chi connectivity index (χ3n) is 2.95. The van der Waals surface area contributed by atoms with Gasteiger partial charge >= 0.3 is 0 Å². The zero-order chi connectivity index (χ0) is 12.0. The van der Waals surface area contributed by atoms with Gasteiger partial charge in [-0.1, -0.05) is 20.8 Å². The maximum absolute atomic E-state index is 11.8. The van der Waals surface area contributed by atoms with Gasteiger partial charge in [0.05, 0.1) is 0 Å². The molecule has 0 aromatic carbocycles.